The van der Waals surface area contributed by atoms with Crippen molar-refractivity contribution in [2.24, 2.45) is 0 Å². The minimum absolute atomic E-state index is 0.0467. The predicted molar refractivity (Wildman–Crippen MR) is 76.9 cm³/mol. The maximum atomic E-state index is 9.54. The van der Waals surface area contributed by atoms with E-state index in [1.165, 1.54) is 36.8 Å². The molecule has 0 aliphatic heterocycles. The second kappa shape index (κ2) is 6.94. The van der Waals surface area contributed by atoms with Gasteiger partial charge >= 0.3 is 0 Å². The second-order valence-electron chi connectivity index (χ2n) is 5.70. The van der Waals surface area contributed by atoms with Gasteiger partial charge in [0, 0.05) is 0 Å². The standard InChI is InChI=1S/C17H26O/c1-2-3-4-5-14-6-8-15(9-7-14)16-10-12-17(18)13-11-16/h6-9,16-18H,2-5,10-13H2,1H3. The second-order valence-corrected chi connectivity index (χ2v) is 5.70. The van der Waals surface area contributed by atoms with Gasteiger partial charge in [0.25, 0.3) is 0 Å². The number of aliphatic hydroxyl groups excluding tert-OH is 1. The van der Waals surface area contributed by atoms with Crippen LogP contribution in [0.15, 0.2) is 24.3 Å². The van der Waals surface area contributed by atoms with E-state index in [4.69, 9.17) is 0 Å². The van der Waals surface area contributed by atoms with E-state index in [0.29, 0.717) is 5.92 Å². The highest BCUT2D eigenvalue weighted by Crippen LogP contribution is 2.32. The fraction of sp³-hybridized carbons (Fsp3) is 0.647. The van der Waals surface area contributed by atoms with E-state index in [0.717, 1.165) is 25.7 Å². The van der Waals surface area contributed by atoms with E-state index >= 15 is 0 Å². The lowest BCUT2D eigenvalue weighted by molar-refractivity contribution is 0.122. The summed E-state index contributed by atoms with van der Waals surface area (Å²) >= 11 is 0. The number of unbranched alkanes of at least 4 members (excludes halogenated alkanes) is 2. The van der Waals surface area contributed by atoms with Crippen LogP contribution in [0.2, 0.25) is 0 Å². The molecule has 2 rings (SSSR count). The number of hydrogen-bond donors (Lipinski definition) is 1. The van der Waals surface area contributed by atoms with Crippen LogP contribution in [0.3, 0.4) is 0 Å². The summed E-state index contributed by atoms with van der Waals surface area (Å²) in [5, 5.41) is 9.54. The molecule has 1 saturated carbocycles. The van der Waals surface area contributed by atoms with Crippen LogP contribution in [0.4, 0.5) is 0 Å². The summed E-state index contributed by atoms with van der Waals surface area (Å²) in [5.74, 6) is 0.679. The molecule has 0 bridgehead atoms. The smallest absolute Gasteiger partial charge is 0.0540 e. The lowest BCUT2D eigenvalue weighted by atomic mass is 9.82. The molecule has 1 nitrogen and oxygen atoms in total. The van der Waals surface area contributed by atoms with Gasteiger partial charge in [0.2, 0.25) is 0 Å². The first kappa shape index (κ1) is 13.6. The monoisotopic (exact) mass is 246 g/mol. The van der Waals surface area contributed by atoms with Crippen LogP contribution in [0.1, 0.15) is 68.9 Å². The first-order valence-electron chi connectivity index (χ1n) is 7.56. The molecule has 18 heavy (non-hydrogen) atoms. The van der Waals surface area contributed by atoms with Gasteiger partial charge in [-0.1, -0.05) is 44.0 Å². The summed E-state index contributed by atoms with van der Waals surface area (Å²) in [4.78, 5) is 0. The molecule has 0 aromatic heterocycles. The summed E-state index contributed by atoms with van der Waals surface area (Å²) in [6.45, 7) is 2.25. The van der Waals surface area contributed by atoms with E-state index in [1.807, 2.05) is 0 Å². The van der Waals surface area contributed by atoms with Crippen LogP contribution in [-0.4, -0.2) is 11.2 Å². The summed E-state index contributed by atoms with van der Waals surface area (Å²) in [5.41, 5.74) is 2.95. The molecular formula is C17H26O. The number of aliphatic hydroxyl groups is 1. The Kier molecular flexibility index (Phi) is 5.25. The Bertz CT molecular complexity index is 333. The van der Waals surface area contributed by atoms with Gasteiger partial charge in [-0.3, -0.25) is 0 Å². The van der Waals surface area contributed by atoms with Crippen LogP contribution >= 0.6 is 0 Å². The van der Waals surface area contributed by atoms with Gasteiger partial charge in [0.1, 0.15) is 0 Å². The Morgan fingerprint density at radius 3 is 2.28 bits per heavy atom. The molecule has 100 valence electrons. The maximum Gasteiger partial charge on any atom is 0.0540 e. The normalized spacial score (nSPS) is 24.1. The topological polar surface area (TPSA) is 20.2 Å². The quantitative estimate of drug-likeness (QED) is 0.762. The molecule has 1 heteroatoms. The van der Waals surface area contributed by atoms with Crippen molar-refractivity contribution >= 4 is 0 Å². The largest absolute Gasteiger partial charge is 0.393 e. The van der Waals surface area contributed by atoms with Gasteiger partial charge in [0.15, 0.2) is 0 Å². The van der Waals surface area contributed by atoms with Crippen LogP contribution < -0.4 is 0 Å². The Hall–Kier alpha value is -0.820. The number of hydrogen-bond acceptors (Lipinski definition) is 1. The highest BCUT2D eigenvalue weighted by Gasteiger charge is 2.20. The van der Waals surface area contributed by atoms with E-state index in [2.05, 4.69) is 31.2 Å². The molecule has 1 aromatic carbocycles. The van der Waals surface area contributed by atoms with Crippen LogP contribution in [0.5, 0.6) is 0 Å². The van der Waals surface area contributed by atoms with Gasteiger partial charge in [0.05, 0.1) is 6.10 Å². The van der Waals surface area contributed by atoms with Crippen molar-refractivity contribution in [3.63, 3.8) is 0 Å². The fourth-order valence-corrected chi connectivity index (χ4v) is 2.94. The zero-order valence-electron chi connectivity index (χ0n) is 11.6. The van der Waals surface area contributed by atoms with Gasteiger partial charge in [-0.05, 0) is 55.6 Å². The highest BCUT2D eigenvalue weighted by atomic mass is 16.3. The van der Waals surface area contributed by atoms with Gasteiger partial charge in [-0.2, -0.15) is 0 Å². The average molecular weight is 246 g/mol. The summed E-state index contributed by atoms with van der Waals surface area (Å²) in [6, 6.07) is 9.22. The van der Waals surface area contributed by atoms with E-state index in [9.17, 15) is 5.11 Å². The van der Waals surface area contributed by atoms with Gasteiger partial charge < -0.3 is 5.11 Å². The number of rotatable bonds is 5. The molecule has 0 saturated heterocycles. The molecule has 0 unspecified atom stereocenters. The third kappa shape index (κ3) is 3.84. The van der Waals surface area contributed by atoms with Crippen molar-refractivity contribution in [3.05, 3.63) is 35.4 Å². The third-order valence-corrected chi connectivity index (χ3v) is 4.22. The zero-order chi connectivity index (χ0) is 12.8. The first-order valence-corrected chi connectivity index (χ1v) is 7.56. The molecule has 1 aliphatic rings. The zero-order valence-corrected chi connectivity index (χ0v) is 11.6. The minimum atomic E-state index is -0.0467. The molecule has 0 amide bonds. The van der Waals surface area contributed by atoms with Crippen LogP contribution in [0.25, 0.3) is 0 Å². The van der Waals surface area contributed by atoms with Crippen molar-refractivity contribution in [1.82, 2.24) is 0 Å². The molecule has 0 heterocycles. The Morgan fingerprint density at radius 1 is 1.00 bits per heavy atom. The first-order chi connectivity index (χ1) is 8.79. The molecule has 1 aliphatic carbocycles. The Morgan fingerprint density at radius 2 is 1.67 bits per heavy atom. The predicted octanol–water partition coefficient (Wildman–Crippen LogP) is 4.44. The summed E-state index contributed by atoms with van der Waals surface area (Å²) in [7, 11) is 0. The average Bonchev–Trinajstić information content (AvgIpc) is 2.41. The molecule has 0 atom stereocenters. The van der Waals surface area contributed by atoms with E-state index in [1.54, 1.807) is 0 Å². The summed E-state index contributed by atoms with van der Waals surface area (Å²) in [6.07, 6.45) is 9.36. The van der Waals surface area contributed by atoms with Crippen molar-refractivity contribution in [2.45, 2.75) is 70.3 Å². The Balaban J connectivity index is 1.87. The van der Waals surface area contributed by atoms with Crippen molar-refractivity contribution in [3.8, 4) is 0 Å². The van der Waals surface area contributed by atoms with Gasteiger partial charge in [-0.25, -0.2) is 0 Å². The van der Waals surface area contributed by atoms with Crippen LogP contribution in [0, 0.1) is 0 Å². The molecule has 1 fully saturated rings. The third-order valence-electron chi connectivity index (χ3n) is 4.22. The van der Waals surface area contributed by atoms with Crippen molar-refractivity contribution in [2.75, 3.05) is 0 Å². The van der Waals surface area contributed by atoms with E-state index < -0.39 is 0 Å². The highest BCUT2D eigenvalue weighted by molar-refractivity contribution is 5.25. The SMILES string of the molecule is CCCCCc1ccc(C2CCC(O)CC2)cc1. The van der Waals surface area contributed by atoms with E-state index in [-0.39, 0.29) is 6.10 Å². The molecular weight excluding hydrogens is 220 g/mol. The van der Waals surface area contributed by atoms with Crippen molar-refractivity contribution < 1.29 is 5.11 Å². The number of aryl methyl sites for hydroxylation is 1. The molecule has 1 aromatic rings. The fourth-order valence-electron chi connectivity index (χ4n) is 2.94. The van der Waals surface area contributed by atoms with Crippen LogP contribution in [-0.2, 0) is 6.42 Å². The van der Waals surface area contributed by atoms with Gasteiger partial charge in [-0.15, -0.1) is 0 Å². The summed E-state index contributed by atoms with van der Waals surface area (Å²) < 4.78 is 0. The molecule has 0 spiro atoms. The lowest BCUT2D eigenvalue weighted by Crippen LogP contribution is -2.16. The number of benzene rings is 1. The lowest BCUT2D eigenvalue weighted by Gasteiger charge is -2.25. The van der Waals surface area contributed by atoms with Crippen molar-refractivity contribution in [1.29, 1.82) is 0 Å². The molecule has 0 radical (unpaired) electrons. The molecule has 1 N–H and O–H groups in total. The minimum Gasteiger partial charge on any atom is -0.393 e. The Labute approximate surface area is 111 Å². The maximum absolute atomic E-state index is 9.54.